The molecule has 0 spiro atoms. The molecule has 3 heteroatoms. The maximum Gasteiger partial charge on any atom is 0.224 e. The zero-order valence-corrected chi connectivity index (χ0v) is 6.09. The van der Waals surface area contributed by atoms with Gasteiger partial charge in [0, 0.05) is 18.9 Å². The highest BCUT2D eigenvalue weighted by Crippen LogP contribution is 2.22. The first-order valence-corrected chi connectivity index (χ1v) is 3.72. The van der Waals surface area contributed by atoms with Gasteiger partial charge in [0.25, 0.3) is 0 Å². The van der Waals surface area contributed by atoms with Gasteiger partial charge in [-0.25, -0.2) is 0 Å². The van der Waals surface area contributed by atoms with Gasteiger partial charge in [0.1, 0.15) is 5.76 Å². The number of rotatable bonds is 0. The molecule has 2 heterocycles. The van der Waals surface area contributed by atoms with Gasteiger partial charge in [0.05, 0.1) is 12.0 Å². The Morgan fingerprint density at radius 2 is 2.36 bits per heavy atom. The third kappa shape index (κ3) is 1.13. The fourth-order valence-corrected chi connectivity index (χ4v) is 1.27. The van der Waals surface area contributed by atoms with Crippen molar-refractivity contribution < 1.29 is 9.21 Å². The number of amides is 1. The summed E-state index contributed by atoms with van der Waals surface area (Å²) in [7, 11) is 0. The molecular formula is C8H9NO2. The summed E-state index contributed by atoms with van der Waals surface area (Å²) in [5.41, 5.74) is 0.840. The lowest BCUT2D eigenvalue weighted by atomic mass is 10.2. The largest absolute Gasteiger partial charge is 0.467 e. The summed E-state index contributed by atoms with van der Waals surface area (Å²) in [6, 6.07) is 1.79. The Bertz CT molecular complexity index is 277. The predicted molar refractivity (Wildman–Crippen MR) is 40.3 cm³/mol. The van der Waals surface area contributed by atoms with E-state index in [-0.39, 0.29) is 5.91 Å². The van der Waals surface area contributed by atoms with Crippen LogP contribution in [0.15, 0.2) is 16.7 Å². The van der Waals surface area contributed by atoms with Crippen LogP contribution in [-0.4, -0.2) is 5.91 Å². The van der Waals surface area contributed by atoms with Gasteiger partial charge in [-0.05, 0) is 6.42 Å². The minimum absolute atomic E-state index is 0.0881. The molecule has 3 nitrogen and oxygen atoms in total. The zero-order chi connectivity index (χ0) is 7.68. The van der Waals surface area contributed by atoms with Crippen molar-refractivity contribution >= 4 is 11.6 Å². The average molecular weight is 151 g/mol. The number of carbonyl (C=O) groups excluding carboxylic acids is 1. The van der Waals surface area contributed by atoms with Crippen molar-refractivity contribution in [2.45, 2.75) is 19.3 Å². The van der Waals surface area contributed by atoms with Crippen LogP contribution in [0.2, 0.25) is 0 Å². The summed E-state index contributed by atoms with van der Waals surface area (Å²) in [6.45, 7) is 0. The molecule has 0 fully saturated rings. The van der Waals surface area contributed by atoms with Crippen LogP contribution >= 0.6 is 0 Å². The molecule has 1 N–H and O–H groups in total. The molecule has 1 amide bonds. The van der Waals surface area contributed by atoms with E-state index >= 15 is 0 Å². The summed E-state index contributed by atoms with van der Waals surface area (Å²) in [5.74, 6) is 0.987. The molecule has 0 unspecified atom stereocenters. The van der Waals surface area contributed by atoms with E-state index in [0.29, 0.717) is 6.42 Å². The topological polar surface area (TPSA) is 42.2 Å². The lowest BCUT2D eigenvalue weighted by Gasteiger charge is -1.96. The van der Waals surface area contributed by atoms with Gasteiger partial charge in [0.2, 0.25) is 5.91 Å². The van der Waals surface area contributed by atoms with Crippen molar-refractivity contribution in [3.8, 4) is 0 Å². The number of nitrogens with one attached hydrogen (secondary N) is 1. The lowest BCUT2D eigenvalue weighted by molar-refractivity contribution is -0.116. The predicted octanol–water partition coefficient (Wildman–Crippen LogP) is 1.55. The van der Waals surface area contributed by atoms with Gasteiger partial charge >= 0.3 is 0 Å². The highest BCUT2D eigenvalue weighted by atomic mass is 16.3. The number of furan rings is 1. The molecule has 11 heavy (non-hydrogen) atoms. The molecule has 0 bridgehead atoms. The van der Waals surface area contributed by atoms with Gasteiger partial charge in [0.15, 0.2) is 0 Å². The fraction of sp³-hybridized carbons (Fsp3) is 0.375. The second-order valence-electron chi connectivity index (χ2n) is 2.66. The standard InChI is InChI=1S/C8H9NO2/c10-8-3-1-2-7-6(9-8)4-5-11-7/h4-5H,1-3H2,(H,9,10). The van der Waals surface area contributed by atoms with Crippen molar-refractivity contribution in [2.75, 3.05) is 5.32 Å². The second-order valence-corrected chi connectivity index (χ2v) is 2.66. The van der Waals surface area contributed by atoms with E-state index in [2.05, 4.69) is 5.32 Å². The van der Waals surface area contributed by atoms with Gasteiger partial charge in [-0.15, -0.1) is 0 Å². The number of aryl methyl sites for hydroxylation is 1. The van der Waals surface area contributed by atoms with Crippen LogP contribution in [-0.2, 0) is 11.2 Å². The van der Waals surface area contributed by atoms with Crippen molar-refractivity contribution in [1.82, 2.24) is 0 Å². The SMILES string of the molecule is O=C1CCCc2occc2N1. The van der Waals surface area contributed by atoms with Crippen molar-refractivity contribution in [1.29, 1.82) is 0 Å². The number of hydrogen-bond acceptors (Lipinski definition) is 2. The van der Waals surface area contributed by atoms with Crippen LogP contribution in [0.5, 0.6) is 0 Å². The summed E-state index contributed by atoms with van der Waals surface area (Å²) in [6.07, 6.45) is 3.95. The molecule has 0 saturated heterocycles. The summed E-state index contributed by atoms with van der Waals surface area (Å²) in [5, 5.41) is 2.77. The molecule has 1 aliphatic rings. The highest BCUT2D eigenvalue weighted by Gasteiger charge is 2.13. The Labute approximate surface area is 64.4 Å². The zero-order valence-electron chi connectivity index (χ0n) is 6.09. The Morgan fingerprint density at radius 3 is 3.27 bits per heavy atom. The number of anilines is 1. The molecule has 58 valence electrons. The molecule has 0 aliphatic carbocycles. The minimum Gasteiger partial charge on any atom is -0.467 e. The van der Waals surface area contributed by atoms with E-state index < -0.39 is 0 Å². The van der Waals surface area contributed by atoms with Crippen LogP contribution in [0.1, 0.15) is 18.6 Å². The Balaban J connectivity index is 2.32. The van der Waals surface area contributed by atoms with Gasteiger partial charge in [-0.2, -0.15) is 0 Å². The minimum atomic E-state index is 0.0881. The smallest absolute Gasteiger partial charge is 0.224 e. The Kier molecular flexibility index (Phi) is 1.42. The molecule has 2 rings (SSSR count). The highest BCUT2D eigenvalue weighted by molar-refractivity contribution is 5.91. The molecule has 0 radical (unpaired) electrons. The number of hydrogen-bond donors (Lipinski definition) is 1. The fourth-order valence-electron chi connectivity index (χ4n) is 1.27. The first kappa shape index (κ1) is 6.46. The first-order chi connectivity index (χ1) is 5.36. The van der Waals surface area contributed by atoms with Crippen LogP contribution in [0, 0.1) is 0 Å². The monoisotopic (exact) mass is 151 g/mol. The first-order valence-electron chi connectivity index (χ1n) is 3.72. The third-order valence-electron chi connectivity index (χ3n) is 1.83. The van der Waals surface area contributed by atoms with Gasteiger partial charge in [-0.3, -0.25) is 4.79 Å². The molecular weight excluding hydrogens is 142 g/mol. The number of fused-ring (bicyclic) bond motifs is 1. The molecule has 1 aliphatic heterocycles. The van der Waals surface area contributed by atoms with E-state index in [9.17, 15) is 4.79 Å². The van der Waals surface area contributed by atoms with Crippen LogP contribution in [0.25, 0.3) is 0 Å². The molecule has 1 aromatic heterocycles. The quantitative estimate of drug-likeness (QED) is 0.611. The van der Waals surface area contributed by atoms with Crippen LogP contribution in [0.3, 0.4) is 0 Å². The molecule has 0 aromatic carbocycles. The van der Waals surface area contributed by atoms with E-state index in [1.807, 2.05) is 0 Å². The maximum atomic E-state index is 11.0. The van der Waals surface area contributed by atoms with E-state index in [4.69, 9.17) is 4.42 Å². The second kappa shape index (κ2) is 2.42. The van der Waals surface area contributed by atoms with Crippen molar-refractivity contribution in [2.24, 2.45) is 0 Å². The van der Waals surface area contributed by atoms with Crippen LogP contribution < -0.4 is 5.32 Å². The van der Waals surface area contributed by atoms with Crippen LogP contribution in [0.4, 0.5) is 5.69 Å². The van der Waals surface area contributed by atoms with Crippen molar-refractivity contribution in [3.05, 3.63) is 18.1 Å². The molecule has 0 atom stereocenters. The average Bonchev–Trinajstić information content (AvgIpc) is 2.31. The Hall–Kier alpha value is -1.25. The third-order valence-corrected chi connectivity index (χ3v) is 1.83. The van der Waals surface area contributed by atoms with Gasteiger partial charge in [-0.1, -0.05) is 0 Å². The van der Waals surface area contributed by atoms with Crippen molar-refractivity contribution in [3.63, 3.8) is 0 Å². The van der Waals surface area contributed by atoms with Gasteiger partial charge < -0.3 is 9.73 Å². The lowest BCUT2D eigenvalue weighted by Crippen LogP contribution is -2.08. The summed E-state index contributed by atoms with van der Waals surface area (Å²) < 4.78 is 5.17. The van der Waals surface area contributed by atoms with E-state index in [1.165, 1.54) is 0 Å². The summed E-state index contributed by atoms with van der Waals surface area (Å²) >= 11 is 0. The number of carbonyl (C=O) groups is 1. The molecule has 0 saturated carbocycles. The van der Waals surface area contributed by atoms with E-state index in [0.717, 1.165) is 24.3 Å². The molecule has 1 aromatic rings. The maximum absolute atomic E-state index is 11.0. The normalized spacial score (nSPS) is 16.9. The Morgan fingerprint density at radius 1 is 1.45 bits per heavy atom. The van der Waals surface area contributed by atoms with E-state index in [1.54, 1.807) is 12.3 Å². The summed E-state index contributed by atoms with van der Waals surface area (Å²) in [4.78, 5) is 11.0.